The first-order valence-corrected chi connectivity index (χ1v) is 7.04. The van der Waals surface area contributed by atoms with Crippen LogP contribution >= 0.6 is 11.3 Å². The molecule has 0 saturated heterocycles. The number of hydrogen-bond donors (Lipinski definition) is 3. The van der Waals surface area contributed by atoms with Crippen LogP contribution in [0.2, 0.25) is 0 Å². The van der Waals surface area contributed by atoms with Gasteiger partial charge in [-0.3, -0.25) is 4.79 Å². The molecule has 2 aromatic heterocycles. The Balaban J connectivity index is 2.23. The first-order valence-electron chi connectivity index (χ1n) is 6.22. The highest BCUT2D eigenvalue weighted by Gasteiger charge is 2.15. The number of primary amides is 1. The summed E-state index contributed by atoms with van der Waals surface area (Å²) in [5.41, 5.74) is 11.2. The highest BCUT2D eigenvalue weighted by molar-refractivity contribution is 7.23. The topological polar surface area (TPSA) is 107 Å². The molecule has 3 rings (SSSR count). The summed E-state index contributed by atoms with van der Waals surface area (Å²) in [4.78, 5) is 20.8. The zero-order chi connectivity index (χ0) is 15.0. The van der Waals surface area contributed by atoms with Gasteiger partial charge in [0, 0.05) is 10.4 Å². The van der Waals surface area contributed by atoms with Gasteiger partial charge in [-0.2, -0.15) is 0 Å². The minimum absolute atomic E-state index is 0.445. The normalized spacial score (nSPS) is 10.8. The molecule has 106 valence electrons. The first kappa shape index (κ1) is 13.5. The van der Waals surface area contributed by atoms with Crippen molar-refractivity contribution in [2.45, 2.75) is 6.92 Å². The van der Waals surface area contributed by atoms with E-state index in [2.05, 4.69) is 15.4 Å². The molecule has 0 atom stereocenters. The summed E-state index contributed by atoms with van der Waals surface area (Å²) in [5.74, 6) is 5.63. The highest BCUT2D eigenvalue weighted by Crippen LogP contribution is 2.39. The molecule has 2 heterocycles. The van der Waals surface area contributed by atoms with Gasteiger partial charge in [-0.15, -0.1) is 11.3 Å². The molecule has 0 bridgehead atoms. The molecule has 3 aromatic rings. The van der Waals surface area contributed by atoms with Crippen LogP contribution in [-0.2, 0) is 0 Å². The minimum Gasteiger partial charge on any atom is -0.366 e. The van der Waals surface area contributed by atoms with Gasteiger partial charge in [0.25, 0.3) is 0 Å². The number of hydrogen-bond acceptors (Lipinski definition) is 6. The number of rotatable bonds is 3. The molecule has 0 radical (unpaired) electrons. The van der Waals surface area contributed by atoms with Crippen molar-refractivity contribution < 1.29 is 4.79 Å². The second-order valence-corrected chi connectivity index (χ2v) is 5.57. The van der Waals surface area contributed by atoms with Crippen molar-refractivity contribution >= 4 is 33.3 Å². The predicted octanol–water partition coefficient (Wildman–Crippen LogP) is 2.05. The van der Waals surface area contributed by atoms with E-state index in [1.807, 2.05) is 19.1 Å². The third-order valence-electron chi connectivity index (χ3n) is 3.25. The van der Waals surface area contributed by atoms with Gasteiger partial charge >= 0.3 is 0 Å². The Morgan fingerprint density at radius 2 is 2.14 bits per heavy atom. The molecule has 0 fully saturated rings. The number of aryl methyl sites for hydroxylation is 1. The van der Waals surface area contributed by atoms with Crippen LogP contribution in [0.4, 0.5) is 5.82 Å². The van der Waals surface area contributed by atoms with Gasteiger partial charge in [-0.1, -0.05) is 12.1 Å². The standard InChI is InChI=1S/C14H13N5OS/c1-7-10-12(14(19-16)18-6-17-10)21-11(7)8-3-2-4-9(5-8)13(15)20/h2-6H,16H2,1H3,(H2,15,20)(H,17,18,19). The average Bonchev–Trinajstić information content (AvgIpc) is 2.85. The Hall–Kier alpha value is -2.51. The maximum atomic E-state index is 11.3. The fourth-order valence-electron chi connectivity index (χ4n) is 2.22. The summed E-state index contributed by atoms with van der Waals surface area (Å²) in [6.07, 6.45) is 1.47. The van der Waals surface area contributed by atoms with Crippen molar-refractivity contribution in [3.8, 4) is 10.4 Å². The molecule has 0 aliphatic heterocycles. The lowest BCUT2D eigenvalue weighted by atomic mass is 10.1. The Morgan fingerprint density at radius 1 is 1.33 bits per heavy atom. The van der Waals surface area contributed by atoms with Gasteiger partial charge in [-0.05, 0) is 30.2 Å². The van der Waals surface area contributed by atoms with Crippen LogP contribution in [0.25, 0.3) is 20.7 Å². The molecule has 21 heavy (non-hydrogen) atoms. The molecule has 0 aliphatic rings. The molecule has 0 spiro atoms. The summed E-state index contributed by atoms with van der Waals surface area (Å²) in [5, 5.41) is 0. The molecule has 1 amide bonds. The number of nitrogens with two attached hydrogens (primary N) is 2. The summed E-state index contributed by atoms with van der Waals surface area (Å²) in [6, 6.07) is 7.23. The number of carbonyl (C=O) groups is 1. The molecular weight excluding hydrogens is 286 g/mol. The van der Waals surface area contributed by atoms with Crippen LogP contribution in [0.3, 0.4) is 0 Å². The second-order valence-electron chi connectivity index (χ2n) is 4.55. The molecule has 0 saturated carbocycles. The third kappa shape index (κ3) is 2.22. The van der Waals surface area contributed by atoms with E-state index >= 15 is 0 Å². The molecular formula is C14H13N5OS. The smallest absolute Gasteiger partial charge is 0.248 e. The number of thiophene rings is 1. The van der Waals surface area contributed by atoms with E-state index in [9.17, 15) is 4.79 Å². The molecule has 7 heteroatoms. The number of fused-ring (bicyclic) bond motifs is 1. The summed E-state index contributed by atoms with van der Waals surface area (Å²) in [7, 11) is 0. The van der Waals surface area contributed by atoms with E-state index in [0.717, 1.165) is 26.2 Å². The number of nitrogen functional groups attached to an aromatic ring is 1. The summed E-state index contributed by atoms with van der Waals surface area (Å²) < 4.78 is 0.886. The zero-order valence-corrected chi connectivity index (χ0v) is 12.1. The van der Waals surface area contributed by atoms with Crippen molar-refractivity contribution in [3.05, 3.63) is 41.7 Å². The Bertz CT molecular complexity index is 842. The Morgan fingerprint density at radius 3 is 2.86 bits per heavy atom. The van der Waals surface area contributed by atoms with Gasteiger partial charge in [0.2, 0.25) is 5.91 Å². The van der Waals surface area contributed by atoms with E-state index in [1.54, 1.807) is 12.1 Å². The zero-order valence-electron chi connectivity index (χ0n) is 11.3. The first-order chi connectivity index (χ1) is 10.1. The molecule has 0 aliphatic carbocycles. The monoisotopic (exact) mass is 299 g/mol. The second kappa shape index (κ2) is 5.12. The Labute approximate surface area is 124 Å². The summed E-state index contributed by atoms with van der Waals surface area (Å²) >= 11 is 1.53. The van der Waals surface area contributed by atoms with Crippen molar-refractivity contribution in [2.24, 2.45) is 11.6 Å². The van der Waals surface area contributed by atoms with Gasteiger partial charge in [-0.25, -0.2) is 15.8 Å². The number of benzene rings is 1. The number of nitrogens with one attached hydrogen (secondary N) is 1. The maximum absolute atomic E-state index is 11.3. The summed E-state index contributed by atoms with van der Waals surface area (Å²) in [6.45, 7) is 1.98. The fourth-order valence-corrected chi connectivity index (χ4v) is 3.43. The molecule has 6 nitrogen and oxygen atoms in total. The quantitative estimate of drug-likeness (QED) is 0.507. The van der Waals surface area contributed by atoms with Gasteiger partial charge in [0.05, 0.1) is 10.2 Å². The third-order valence-corrected chi connectivity index (χ3v) is 4.59. The van der Waals surface area contributed by atoms with Crippen molar-refractivity contribution in [1.82, 2.24) is 9.97 Å². The van der Waals surface area contributed by atoms with E-state index < -0.39 is 5.91 Å². The number of anilines is 1. The molecule has 5 N–H and O–H groups in total. The number of aromatic nitrogens is 2. The fraction of sp³-hybridized carbons (Fsp3) is 0.0714. The van der Waals surface area contributed by atoms with Gasteiger partial charge < -0.3 is 11.2 Å². The van der Waals surface area contributed by atoms with Crippen molar-refractivity contribution in [1.29, 1.82) is 0 Å². The number of nitrogens with zero attached hydrogens (tertiary/aromatic N) is 2. The largest absolute Gasteiger partial charge is 0.366 e. The number of hydrazine groups is 1. The van der Waals surface area contributed by atoms with E-state index in [4.69, 9.17) is 11.6 Å². The molecule has 0 unspecified atom stereocenters. The van der Waals surface area contributed by atoms with Gasteiger partial charge in [0.1, 0.15) is 6.33 Å². The van der Waals surface area contributed by atoms with Crippen molar-refractivity contribution in [3.63, 3.8) is 0 Å². The van der Waals surface area contributed by atoms with Crippen LogP contribution in [0.15, 0.2) is 30.6 Å². The van der Waals surface area contributed by atoms with Crippen LogP contribution in [0.5, 0.6) is 0 Å². The van der Waals surface area contributed by atoms with Crippen molar-refractivity contribution in [2.75, 3.05) is 5.43 Å². The highest BCUT2D eigenvalue weighted by atomic mass is 32.1. The van der Waals surface area contributed by atoms with Crippen LogP contribution in [0, 0.1) is 6.92 Å². The molecule has 1 aromatic carbocycles. The number of carbonyl (C=O) groups excluding carboxylic acids is 1. The van der Waals surface area contributed by atoms with E-state index in [-0.39, 0.29) is 0 Å². The lowest BCUT2D eigenvalue weighted by Gasteiger charge is -2.01. The van der Waals surface area contributed by atoms with Crippen LogP contribution in [0.1, 0.15) is 15.9 Å². The average molecular weight is 299 g/mol. The lowest BCUT2D eigenvalue weighted by Crippen LogP contribution is -2.10. The van der Waals surface area contributed by atoms with Crippen LogP contribution < -0.4 is 17.0 Å². The Kier molecular flexibility index (Phi) is 3.28. The number of amides is 1. The lowest BCUT2D eigenvalue weighted by molar-refractivity contribution is 0.100. The predicted molar refractivity (Wildman–Crippen MR) is 83.9 cm³/mol. The minimum atomic E-state index is -0.445. The van der Waals surface area contributed by atoms with Crippen LogP contribution in [-0.4, -0.2) is 15.9 Å². The van der Waals surface area contributed by atoms with E-state index in [0.29, 0.717) is 11.4 Å². The van der Waals surface area contributed by atoms with Gasteiger partial charge in [0.15, 0.2) is 5.82 Å². The maximum Gasteiger partial charge on any atom is 0.248 e. The van der Waals surface area contributed by atoms with E-state index in [1.165, 1.54) is 17.7 Å². The SMILES string of the molecule is Cc1c(-c2cccc(C(N)=O)c2)sc2c(NN)ncnc12.